The van der Waals surface area contributed by atoms with Crippen molar-refractivity contribution in [3.63, 3.8) is 0 Å². The number of benzene rings is 1. The molecule has 0 fully saturated rings. The lowest BCUT2D eigenvalue weighted by molar-refractivity contribution is 0.240. The molecule has 23 heavy (non-hydrogen) atoms. The van der Waals surface area contributed by atoms with Gasteiger partial charge >= 0.3 is 6.03 Å². The molecule has 0 radical (unpaired) electrons. The summed E-state index contributed by atoms with van der Waals surface area (Å²) in [6.45, 7) is 4.83. The lowest BCUT2D eigenvalue weighted by Gasteiger charge is -2.09. The van der Waals surface area contributed by atoms with Crippen LogP contribution in [0.4, 0.5) is 9.18 Å². The van der Waals surface area contributed by atoms with Crippen molar-refractivity contribution in [3.05, 3.63) is 59.0 Å². The predicted molar refractivity (Wildman–Crippen MR) is 85.6 cm³/mol. The highest BCUT2D eigenvalue weighted by Crippen LogP contribution is 2.10. The molecule has 2 N–H and O–H groups in total. The summed E-state index contributed by atoms with van der Waals surface area (Å²) in [7, 11) is 0. The van der Waals surface area contributed by atoms with Gasteiger partial charge in [0.25, 0.3) is 0 Å². The van der Waals surface area contributed by atoms with E-state index in [1.807, 2.05) is 13.0 Å². The van der Waals surface area contributed by atoms with Crippen LogP contribution < -0.4 is 15.4 Å². The van der Waals surface area contributed by atoms with Gasteiger partial charge in [0, 0.05) is 25.4 Å². The molecule has 2 amide bonds. The molecule has 0 aliphatic heterocycles. The Morgan fingerprint density at radius 1 is 1.17 bits per heavy atom. The maximum Gasteiger partial charge on any atom is 0.315 e. The molecule has 5 nitrogen and oxygen atoms in total. The maximum absolute atomic E-state index is 13.2. The van der Waals surface area contributed by atoms with Crippen molar-refractivity contribution in [3.8, 4) is 5.88 Å². The molecule has 2 rings (SSSR count). The van der Waals surface area contributed by atoms with E-state index in [0.717, 1.165) is 11.1 Å². The van der Waals surface area contributed by atoms with Crippen molar-refractivity contribution in [1.82, 2.24) is 15.6 Å². The molecule has 0 aliphatic rings. The van der Waals surface area contributed by atoms with Gasteiger partial charge in [-0.15, -0.1) is 0 Å². The van der Waals surface area contributed by atoms with Crippen LogP contribution in [-0.2, 0) is 13.1 Å². The number of nitrogens with one attached hydrogen (secondary N) is 2. The van der Waals surface area contributed by atoms with Crippen LogP contribution in [0.1, 0.15) is 23.6 Å². The smallest absolute Gasteiger partial charge is 0.315 e. The number of pyridine rings is 1. The lowest BCUT2D eigenvalue weighted by atomic mass is 10.1. The van der Waals surface area contributed by atoms with Gasteiger partial charge in [-0.2, -0.15) is 0 Å². The van der Waals surface area contributed by atoms with Crippen LogP contribution in [-0.4, -0.2) is 17.6 Å². The number of amides is 2. The van der Waals surface area contributed by atoms with Crippen LogP contribution >= 0.6 is 0 Å². The summed E-state index contributed by atoms with van der Waals surface area (Å²) >= 11 is 0. The van der Waals surface area contributed by atoms with Gasteiger partial charge < -0.3 is 15.4 Å². The van der Waals surface area contributed by atoms with Crippen molar-refractivity contribution >= 4 is 6.03 Å². The van der Waals surface area contributed by atoms with Gasteiger partial charge in [-0.3, -0.25) is 0 Å². The minimum absolute atomic E-state index is 0.249. The third kappa shape index (κ3) is 5.25. The van der Waals surface area contributed by atoms with E-state index >= 15 is 0 Å². The molecule has 6 heteroatoms. The molecule has 122 valence electrons. The second-order valence-corrected chi connectivity index (χ2v) is 5.06. The van der Waals surface area contributed by atoms with Crippen LogP contribution in [0.15, 0.2) is 36.5 Å². The number of carbonyl (C=O) groups excluding carboxylic acids is 1. The molecule has 1 aromatic carbocycles. The van der Waals surface area contributed by atoms with Crippen molar-refractivity contribution in [1.29, 1.82) is 0 Å². The van der Waals surface area contributed by atoms with Gasteiger partial charge in [0.1, 0.15) is 5.82 Å². The number of halogens is 1. The monoisotopic (exact) mass is 317 g/mol. The Hall–Kier alpha value is -2.63. The number of aromatic nitrogens is 1. The highest BCUT2D eigenvalue weighted by atomic mass is 19.1. The average Bonchev–Trinajstić information content (AvgIpc) is 2.55. The van der Waals surface area contributed by atoms with Crippen molar-refractivity contribution in [2.75, 3.05) is 6.61 Å². The second kappa shape index (κ2) is 8.12. The molecular formula is C17H20FN3O2. The average molecular weight is 317 g/mol. The van der Waals surface area contributed by atoms with Gasteiger partial charge in [0.05, 0.1) is 6.61 Å². The molecule has 0 saturated carbocycles. The number of carbonyl (C=O) groups is 1. The fourth-order valence-electron chi connectivity index (χ4n) is 2.03. The zero-order valence-corrected chi connectivity index (χ0v) is 13.2. The Morgan fingerprint density at radius 2 is 1.87 bits per heavy atom. The second-order valence-electron chi connectivity index (χ2n) is 5.06. The third-order valence-electron chi connectivity index (χ3n) is 3.22. The van der Waals surface area contributed by atoms with Gasteiger partial charge in [-0.1, -0.05) is 12.1 Å². The Balaban J connectivity index is 1.80. The number of nitrogens with zero attached hydrogens (tertiary/aromatic N) is 1. The lowest BCUT2D eigenvalue weighted by Crippen LogP contribution is -2.34. The molecule has 0 aliphatic carbocycles. The first-order valence-electron chi connectivity index (χ1n) is 7.43. The minimum Gasteiger partial charge on any atom is -0.478 e. The van der Waals surface area contributed by atoms with Crippen LogP contribution in [0, 0.1) is 12.7 Å². The van der Waals surface area contributed by atoms with E-state index in [0.29, 0.717) is 31.1 Å². The summed E-state index contributed by atoms with van der Waals surface area (Å²) in [5, 5.41) is 5.49. The van der Waals surface area contributed by atoms with Crippen LogP contribution in [0.2, 0.25) is 0 Å². The number of hydrogen-bond donors (Lipinski definition) is 2. The Bertz CT molecular complexity index is 677. The Morgan fingerprint density at radius 3 is 2.52 bits per heavy atom. The Kier molecular flexibility index (Phi) is 5.91. The highest BCUT2D eigenvalue weighted by molar-refractivity contribution is 5.73. The van der Waals surface area contributed by atoms with Crippen LogP contribution in [0.5, 0.6) is 5.88 Å². The SMILES string of the molecule is CCOc1cc(CNC(=O)NCc2ccc(F)c(C)c2)ccn1. The fraction of sp³-hybridized carbons (Fsp3) is 0.294. The molecule has 2 aromatic rings. The largest absolute Gasteiger partial charge is 0.478 e. The number of rotatable bonds is 6. The predicted octanol–water partition coefficient (Wildman–Crippen LogP) is 2.93. The van der Waals surface area contributed by atoms with Crippen molar-refractivity contribution < 1.29 is 13.9 Å². The van der Waals surface area contributed by atoms with Gasteiger partial charge in [0.2, 0.25) is 5.88 Å². The zero-order chi connectivity index (χ0) is 16.7. The molecule has 1 heterocycles. The van der Waals surface area contributed by atoms with E-state index in [2.05, 4.69) is 15.6 Å². The van der Waals surface area contributed by atoms with Crippen LogP contribution in [0.3, 0.4) is 0 Å². The summed E-state index contributed by atoms with van der Waals surface area (Å²) in [6, 6.07) is 8.07. The molecule has 0 spiro atoms. The number of aryl methyl sites for hydroxylation is 1. The molecule has 1 aromatic heterocycles. The zero-order valence-electron chi connectivity index (χ0n) is 13.2. The van der Waals surface area contributed by atoms with E-state index in [9.17, 15) is 9.18 Å². The van der Waals surface area contributed by atoms with E-state index in [-0.39, 0.29) is 11.8 Å². The van der Waals surface area contributed by atoms with Crippen LogP contribution in [0.25, 0.3) is 0 Å². The summed E-state index contributed by atoms with van der Waals surface area (Å²) in [5.74, 6) is 0.287. The Labute approximate surface area is 134 Å². The summed E-state index contributed by atoms with van der Waals surface area (Å²) < 4.78 is 18.5. The summed E-state index contributed by atoms with van der Waals surface area (Å²) in [6.07, 6.45) is 1.64. The topological polar surface area (TPSA) is 63.2 Å². The van der Waals surface area contributed by atoms with E-state index in [4.69, 9.17) is 4.74 Å². The standard InChI is InChI=1S/C17H20FN3O2/c1-3-23-16-9-14(6-7-19-16)11-21-17(22)20-10-13-4-5-15(18)12(2)8-13/h4-9H,3,10-11H2,1-2H3,(H2,20,21,22). The molecule has 0 bridgehead atoms. The van der Waals surface area contributed by atoms with Crippen molar-refractivity contribution in [2.45, 2.75) is 26.9 Å². The van der Waals surface area contributed by atoms with E-state index in [1.54, 1.807) is 31.3 Å². The van der Waals surface area contributed by atoms with Gasteiger partial charge in [-0.05, 0) is 42.7 Å². The molecule has 0 saturated heterocycles. The quantitative estimate of drug-likeness (QED) is 0.861. The summed E-state index contributed by atoms with van der Waals surface area (Å²) in [5.41, 5.74) is 2.31. The van der Waals surface area contributed by atoms with Gasteiger partial charge in [-0.25, -0.2) is 14.2 Å². The number of urea groups is 1. The summed E-state index contributed by atoms with van der Waals surface area (Å²) in [4.78, 5) is 15.9. The first kappa shape index (κ1) is 16.7. The van der Waals surface area contributed by atoms with E-state index < -0.39 is 0 Å². The highest BCUT2D eigenvalue weighted by Gasteiger charge is 2.04. The molecular weight excluding hydrogens is 297 g/mol. The third-order valence-corrected chi connectivity index (χ3v) is 3.22. The number of ether oxygens (including phenoxy) is 1. The van der Waals surface area contributed by atoms with Crippen molar-refractivity contribution in [2.24, 2.45) is 0 Å². The first-order valence-corrected chi connectivity index (χ1v) is 7.43. The fourth-order valence-corrected chi connectivity index (χ4v) is 2.03. The molecule has 0 atom stereocenters. The minimum atomic E-state index is -0.290. The first-order chi connectivity index (χ1) is 11.1. The molecule has 0 unspecified atom stereocenters. The van der Waals surface area contributed by atoms with Gasteiger partial charge in [0.15, 0.2) is 0 Å². The maximum atomic E-state index is 13.2. The normalized spacial score (nSPS) is 10.2. The number of hydrogen-bond acceptors (Lipinski definition) is 3. The van der Waals surface area contributed by atoms with E-state index in [1.165, 1.54) is 6.07 Å².